The first-order valence-electron chi connectivity index (χ1n) is 6.81. The molecule has 0 radical (unpaired) electrons. The van der Waals surface area contributed by atoms with Gasteiger partial charge in [0.15, 0.2) is 0 Å². The molecule has 0 fully saturated rings. The maximum atomic E-state index is 4.04. The Morgan fingerprint density at radius 1 is 1.18 bits per heavy atom. The molecule has 1 aliphatic heterocycles. The summed E-state index contributed by atoms with van der Waals surface area (Å²) in [5, 5.41) is 0. The topological polar surface area (TPSA) is 15.6 Å². The first-order valence-corrected chi connectivity index (χ1v) is 6.81. The molecule has 0 unspecified atom stereocenters. The van der Waals surface area contributed by atoms with E-state index in [1.54, 1.807) is 0 Å². The van der Waals surface area contributed by atoms with Gasteiger partial charge in [-0.25, -0.2) is 0 Å². The largest absolute Gasteiger partial charge is 0.357 e. The van der Waals surface area contributed by atoms with Crippen LogP contribution in [0.2, 0.25) is 0 Å². The van der Waals surface area contributed by atoms with Crippen LogP contribution in [0.1, 0.15) is 45.4 Å². The van der Waals surface area contributed by atoms with Crippen molar-refractivity contribution in [2.24, 2.45) is 4.99 Å². The minimum absolute atomic E-state index is 0.934. The highest BCUT2D eigenvalue weighted by Gasteiger charge is 1.99. The summed E-state index contributed by atoms with van der Waals surface area (Å²) in [4.78, 5) is 6.17. The van der Waals surface area contributed by atoms with Crippen molar-refractivity contribution < 1.29 is 0 Å². The van der Waals surface area contributed by atoms with Gasteiger partial charge < -0.3 is 4.90 Å². The minimum atomic E-state index is 0.934. The summed E-state index contributed by atoms with van der Waals surface area (Å²) in [5.74, 6) is 0. The smallest absolute Gasteiger partial charge is 0.0854 e. The van der Waals surface area contributed by atoms with Crippen molar-refractivity contribution >= 4 is 6.34 Å². The monoisotopic (exact) mass is 236 g/mol. The fraction of sp³-hybridized carbons (Fsp3) is 0.667. The van der Waals surface area contributed by atoms with Crippen molar-refractivity contribution in [1.29, 1.82) is 0 Å². The lowest BCUT2D eigenvalue weighted by atomic mass is 10.1. The first kappa shape index (κ1) is 16.0. The van der Waals surface area contributed by atoms with Crippen molar-refractivity contribution in [3.8, 4) is 0 Å². The van der Waals surface area contributed by atoms with Crippen LogP contribution in [0.5, 0.6) is 0 Å². The van der Waals surface area contributed by atoms with Crippen molar-refractivity contribution in [1.82, 2.24) is 4.90 Å². The van der Waals surface area contributed by atoms with Gasteiger partial charge in [-0.2, -0.15) is 0 Å². The Balaban J connectivity index is 0.000000302. The SMILES string of the molecule is C=CCCCCCCC.C=CCN1C=NCC1. The number of hydrogen-bond donors (Lipinski definition) is 0. The molecule has 0 aromatic heterocycles. The van der Waals surface area contributed by atoms with Crippen molar-refractivity contribution in [2.75, 3.05) is 19.6 Å². The van der Waals surface area contributed by atoms with Gasteiger partial charge in [0.05, 0.1) is 12.9 Å². The van der Waals surface area contributed by atoms with Gasteiger partial charge in [0.2, 0.25) is 0 Å². The van der Waals surface area contributed by atoms with E-state index < -0.39 is 0 Å². The highest BCUT2D eigenvalue weighted by atomic mass is 15.2. The van der Waals surface area contributed by atoms with E-state index in [0.717, 1.165) is 19.6 Å². The zero-order valence-corrected chi connectivity index (χ0v) is 11.4. The summed E-state index contributed by atoms with van der Waals surface area (Å²) in [6.45, 7) is 12.5. The van der Waals surface area contributed by atoms with Crippen molar-refractivity contribution in [3.63, 3.8) is 0 Å². The molecule has 0 aromatic carbocycles. The van der Waals surface area contributed by atoms with Crippen LogP contribution in [0.4, 0.5) is 0 Å². The molecule has 0 bridgehead atoms. The molecule has 0 saturated carbocycles. The summed E-state index contributed by atoms with van der Waals surface area (Å²) in [7, 11) is 0. The van der Waals surface area contributed by atoms with Gasteiger partial charge in [0.25, 0.3) is 0 Å². The Bertz CT molecular complexity index is 209. The molecule has 0 aromatic rings. The quantitative estimate of drug-likeness (QED) is 0.458. The van der Waals surface area contributed by atoms with E-state index in [9.17, 15) is 0 Å². The number of nitrogens with zero attached hydrogens (tertiary/aromatic N) is 2. The maximum absolute atomic E-state index is 4.04. The van der Waals surface area contributed by atoms with Crippen LogP contribution in [0, 0.1) is 0 Å². The number of aliphatic imine (C=N–C) groups is 1. The number of unbranched alkanes of at least 4 members (excludes halogenated alkanes) is 5. The molecule has 0 saturated heterocycles. The van der Waals surface area contributed by atoms with Crippen LogP contribution in [-0.2, 0) is 0 Å². The molecule has 17 heavy (non-hydrogen) atoms. The van der Waals surface area contributed by atoms with Crippen LogP contribution >= 0.6 is 0 Å². The van der Waals surface area contributed by atoms with E-state index in [1.165, 1.54) is 38.5 Å². The molecule has 1 heterocycles. The van der Waals surface area contributed by atoms with Crippen LogP contribution < -0.4 is 0 Å². The predicted molar refractivity (Wildman–Crippen MR) is 78.7 cm³/mol. The average molecular weight is 236 g/mol. The van der Waals surface area contributed by atoms with E-state index in [4.69, 9.17) is 0 Å². The molecule has 1 rings (SSSR count). The minimum Gasteiger partial charge on any atom is -0.357 e. The van der Waals surface area contributed by atoms with Crippen molar-refractivity contribution in [2.45, 2.75) is 45.4 Å². The third-order valence-corrected chi connectivity index (χ3v) is 2.64. The lowest BCUT2D eigenvalue weighted by molar-refractivity contribution is 0.519. The van der Waals surface area contributed by atoms with Crippen LogP contribution in [-0.4, -0.2) is 30.9 Å². The Morgan fingerprint density at radius 2 is 1.94 bits per heavy atom. The third-order valence-electron chi connectivity index (χ3n) is 2.64. The van der Waals surface area contributed by atoms with Crippen LogP contribution in [0.25, 0.3) is 0 Å². The Hall–Kier alpha value is -1.05. The fourth-order valence-electron chi connectivity index (χ4n) is 1.61. The second kappa shape index (κ2) is 13.0. The standard InChI is InChI=1S/C9H18.C6H10N2/c1-3-5-7-9-8-6-4-2;1-2-4-8-5-3-7-6-8/h3H,1,4-9H2,2H3;2,6H,1,3-5H2. The lowest BCUT2D eigenvalue weighted by Crippen LogP contribution is -2.18. The molecule has 2 heteroatoms. The highest BCUT2D eigenvalue weighted by molar-refractivity contribution is 5.57. The second-order valence-electron chi connectivity index (χ2n) is 4.30. The molecule has 0 aliphatic carbocycles. The van der Waals surface area contributed by atoms with Gasteiger partial charge >= 0.3 is 0 Å². The molecule has 0 N–H and O–H groups in total. The molecule has 98 valence electrons. The van der Waals surface area contributed by atoms with Crippen LogP contribution in [0.3, 0.4) is 0 Å². The molecular weight excluding hydrogens is 208 g/mol. The van der Waals surface area contributed by atoms with Gasteiger partial charge in [-0.1, -0.05) is 44.8 Å². The van der Waals surface area contributed by atoms with Crippen LogP contribution in [0.15, 0.2) is 30.3 Å². The van der Waals surface area contributed by atoms with E-state index in [0.29, 0.717) is 0 Å². The van der Waals surface area contributed by atoms with E-state index in [2.05, 4.69) is 30.0 Å². The number of allylic oxidation sites excluding steroid dienone is 1. The molecule has 0 spiro atoms. The molecule has 0 atom stereocenters. The summed E-state index contributed by atoms with van der Waals surface area (Å²) < 4.78 is 0. The Morgan fingerprint density at radius 3 is 2.47 bits per heavy atom. The summed E-state index contributed by atoms with van der Waals surface area (Å²) >= 11 is 0. The van der Waals surface area contributed by atoms with Gasteiger partial charge in [-0.05, 0) is 12.8 Å². The average Bonchev–Trinajstić information content (AvgIpc) is 2.83. The summed E-state index contributed by atoms with van der Waals surface area (Å²) in [5.41, 5.74) is 0. The molecular formula is C15H28N2. The Kier molecular flexibility index (Phi) is 12.2. The van der Waals surface area contributed by atoms with Gasteiger partial charge in [-0.3, -0.25) is 4.99 Å². The predicted octanol–water partition coefficient (Wildman–Crippen LogP) is 4.05. The normalized spacial score (nSPS) is 13.1. The zero-order chi connectivity index (χ0) is 12.8. The lowest BCUT2D eigenvalue weighted by Gasteiger charge is -2.08. The number of rotatable bonds is 8. The first-order chi connectivity index (χ1) is 8.35. The van der Waals surface area contributed by atoms with Crippen molar-refractivity contribution in [3.05, 3.63) is 25.3 Å². The highest BCUT2D eigenvalue weighted by Crippen LogP contribution is 2.04. The molecule has 2 nitrogen and oxygen atoms in total. The Labute approximate surface area is 107 Å². The second-order valence-corrected chi connectivity index (χ2v) is 4.30. The van der Waals surface area contributed by atoms with Gasteiger partial charge in [0.1, 0.15) is 0 Å². The maximum Gasteiger partial charge on any atom is 0.0854 e. The van der Waals surface area contributed by atoms with E-state index in [1.807, 2.05) is 18.5 Å². The summed E-state index contributed by atoms with van der Waals surface area (Å²) in [6.07, 6.45) is 13.8. The summed E-state index contributed by atoms with van der Waals surface area (Å²) in [6, 6.07) is 0. The van der Waals surface area contributed by atoms with E-state index in [-0.39, 0.29) is 0 Å². The fourth-order valence-corrected chi connectivity index (χ4v) is 1.61. The number of hydrogen-bond acceptors (Lipinski definition) is 2. The van der Waals surface area contributed by atoms with E-state index >= 15 is 0 Å². The van der Waals surface area contributed by atoms with Gasteiger partial charge in [0, 0.05) is 13.1 Å². The van der Waals surface area contributed by atoms with Gasteiger partial charge in [-0.15, -0.1) is 13.2 Å². The molecule has 0 amide bonds. The third kappa shape index (κ3) is 11.2. The molecule has 1 aliphatic rings. The zero-order valence-electron chi connectivity index (χ0n) is 11.4.